The highest BCUT2D eigenvalue weighted by Gasteiger charge is 2.40. The molecule has 1 aliphatic heterocycles. The Labute approximate surface area is 186 Å². The Morgan fingerprint density at radius 2 is 2.04 bits per heavy atom. The highest BCUT2D eigenvalue weighted by Crippen LogP contribution is 2.28. The third-order valence-electron chi connectivity index (χ3n) is 5.64. The normalized spacial score (nSPS) is 20.6. The zero-order valence-corrected chi connectivity index (χ0v) is 20.1. The zero-order valence-electron chi connectivity index (χ0n) is 17.8. The van der Waals surface area contributed by atoms with Gasteiger partial charge in [0.15, 0.2) is 5.96 Å². The lowest BCUT2D eigenvalue weighted by atomic mass is 9.96. The fourth-order valence-electron chi connectivity index (χ4n) is 4.66. The van der Waals surface area contributed by atoms with Gasteiger partial charge in [0, 0.05) is 25.8 Å². The van der Waals surface area contributed by atoms with E-state index in [9.17, 15) is 4.79 Å². The van der Waals surface area contributed by atoms with Gasteiger partial charge in [-0.25, -0.2) is 0 Å². The Balaban J connectivity index is 0.00000280. The minimum atomic E-state index is -0.231. The molecule has 2 fully saturated rings. The highest BCUT2D eigenvalue weighted by atomic mass is 127. The summed E-state index contributed by atoms with van der Waals surface area (Å²) >= 11 is 0. The lowest BCUT2D eigenvalue weighted by Crippen LogP contribution is -2.66. The number of carbonyl (C=O) groups excluding carboxylic acids is 1. The van der Waals surface area contributed by atoms with E-state index in [1.165, 1.54) is 25.7 Å². The van der Waals surface area contributed by atoms with Gasteiger partial charge in [0.1, 0.15) is 0 Å². The van der Waals surface area contributed by atoms with Gasteiger partial charge in [-0.05, 0) is 46.6 Å². The molecule has 1 aromatic rings. The monoisotopic (exact) mass is 502 g/mol. The molecule has 158 valence electrons. The second-order valence-corrected chi connectivity index (χ2v) is 8.65. The molecule has 7 nitrogen and oxygen atoms in total. The van der Waals surface area contributed by atoms with Crippen LogP contribution in [0.15, 0.2) is 17.3 Å². The Kier molecular flexibility index (Phi) is 7.75. The summed E-state index contributed by atoms with van der Waals surface area (Å²) in [5.74, 6) is 0.907. The van der Waals surface area contributed by atoms with Crippen LogP contribution in [0.25, 0.3) is 0 Å². The molecule has 1 aliphatic carbocycles. The van der Waals surface area contributed by atoms with Crippen LogP contribution in [0.3, 0.4) is 0 Å². The molecular weight excluding hydrogens is 467 g/mol. The largest absolute Gasteiger partial charge is 0.351 e. The molecule has 28 heavy (non-hydrogen) atoms. The molecule has 2 heterocycles. The summed E-state index contributed by atoms with van der Waals surface area (Å²) in [5.41, 5.74) is 0.778. The molecule has 0 radical (unpaired) electrons. The Bertz CT molecular complexity index is 693. The first kappa shape index (κ1) is 23.0. The molecule has 0 bridgehead atoms. The average Bonchev–Trinajstić information content (AvgIpc) is 3.24. The summed E-state index contributed by atoms with van der Waals surface area (Å²) in [5, 5.41) is 8.12. The van der Waals surface area contributed by atoms with Gasteiger partial charge in [-0.2, -0.15) is 5.10 Å². The summed E-state index contributed by atoms with van der Waals surface area (Å²) < 4.78 is 2.11. The van der Waals surface area contributed by atoms with E-state index in [-0.39, 0.29) is 41.5 Å². The number of halogens is 1. The number of hydrogen-bond donors (Lipinski definition) is 1. The Morgan fingerprint density at radius 3 is 2.61 bits per heavy atom. The maximum absolute atomic E-state index is 12.7. The number of rotatable bonds is 4. The lowest BCUT2D eigenvalue weighted by molar-refractivity contribution is -0.145. The molecule has 0 aromatic carbocycles. The summed E-state index contributed by atoms with van der Waals surface area (Å²) in [6.07, 6.45) is 7.15. The number of hydrogen-bond acceptors (Lipinski definition) is 3. The number of nitrogens with zero attached hydrogens (tertiary/aromatic N) is 5. The predicted octanol–water partition coefficient (Wildman–Crippen LogP) is 3.02. The van der Waals surface area contributed by atoms with Gasteiger partial charge >= 0.3 is 0 Å². The standard InChI is InChI=1S/C20H34N6O.HI/c1-15(2)26-18(27)13-24(14-20(26,3)4)19(21-5)22-12-16-10-11-25(23-16)17-8-6-7-9-17;/h10-11,15,17H,6-9,12-14H2,1-5H3,(H,21,22);1H. The topological polar surface area (TPSA) is 65.8 Å². The minimum Gasteiger partial charge on any atom is -0.351 e. The fourth-order valence-corrected chi connectivity index (χ4v) is 4.66. The summed E-state index contributed by atoms with van der Waals surface area (Å²) in [6, 6.07) is 2.83. The first-order valence-electron chi connectivity index (χ1n) is 10.1. The Morgan fingerprint density at radius 1 is 1.36 bits per heavy atom. The maximum Gasteiger partial charge on any atom is 0.242 e. The summed E-state index contributed by atoms with van der Waals surface area (Å²) in [4.78, 5) is 21.1. The molecule has 2 aliphatic rings. The first-order chi connectivity index (χ1) is 12.8. The van der Waals surface area contributed by atoms with E-state index in [1.54, 1.807) is 7.05 Å². The number of nitrogens with one attached hydrogen (secondary N) is 1. The van der Waals surface area contributed by atoms with E-state index < -0.39 is 0 Å². The molecule has 1 saturated heterocycles. The van der Waals surface area contributed by atoms with E-state index in [1.807, 2.05) is 4.90 Å². The predicted molar refractivity (Wildman–Crippen MR) is 123 cm³/mol. The van der Waals surface area contributed by atoms with Crippen molar-refractivity contribution in [3.63, 3.8) is 0 Å². The van der Waals surface area contributed by atoms with Crippen LogP contribution >= 0.6 is 24.0 Å². The minimum absolute atomic E-state index is 0. The van der Waals surface area contributed by atoms with Crippen LogP contribution in [0.4, 0.5) is 0 Å². The third-order valence-corrected chi connectivity index (χ3v) is 5.64. The molecule has 8 heteroatoms. The molecule has 1 N–H and O–H groups in total. The molecule has 3 rings (SSSR count). The van der Waals surface area contributed by atoms with E-state index >= 15 is 0 Å². The molecule has 1 amide bonds. The van der Waals surface area contributed by atoms with Crippen molar-refractivity contribution in [1.82, 2.24) is 24.9 Å². The van der Waals surface area contributed by atoms with Crippen LogP contribution in [0.2, 0.25) is 0 Å². The van der Waals surface area contributed by atoms with Gasteiger partial charge in [0.2, 0.25) is 5.91 Å². The molecule has 1 saturated carbocycles. The third kappa shape index (κ3) is 4.99. The van der Waals surface area contributed by atoms with Gasteiger partial charge in [-0.3, -0.25) is 14.5 Å². The number of aliphatic imine (C=N–C) groups is 1. The van der Waals surface area contributed by atoms with Gasteiger partial charge in [0.05, 0.1) is 30.4 Å². The van der Waals surface area contributed by atoms with Crippen LogP contribution in [-0.2, 0) is 11.3 Å². The second kappa shape index (κ2) is 9.45. The molecule has 0 unspecified atom stereocenters. The molecule has 0 atom stereocenters. The van der Waals surface area contributed by atoms with Crippen LogP contribution < -0.4 is 5.32 Å². The van der Waals surface area contributed by atoms with E-state index in [4.69, 9.17) is 5.10 Å². The van der Waals surface area contributed by atoms with Crippen LogP contribution in [0.1, 0.15) is 65.1 Å². The number of guanidine groups is 1. The Hall–Kier alpha value is -1.32. The van der Waals surface area contributed by atoms with Crippen molar-refractivity contribution in [3.05, 3.63) is 18.0 Å². The number of amides is 1. The van der Waals surface area contributed by atoms with Crippen molar-refractivity contribution in [2.45, 2.75) is 77.5 Å². The summed E-state index contributed by atoms with van der Waals surface area (Å²) in [6.45, 7) is 10.1. The smallest absolute Gasteiger partial charge is 0.242 e. The average molecular weight is 502 g/mol. The van der Waals surface area contributed by atoms with Crippen molar-refractivity contribution >= 4 is 35.8 Å². The van der Waals surface area contributed by atoms with E-state index in [0.29, 0.717) is 19.1 Å². The van der Waals surface area contributed by atoms with Crippen molar-refractivity contribution in [3.8, 4) is 0 Å². The second-order valence-electron chi connectivity index (χ2n) is 8.65. The molecular formula is C20H35IN6O. The number of aromatic nitrogens is 2. The fraction of sp³-hybridized carbons (Fsp3) is 0.750. The van der Waals surface area contributed by atoms with Crippen LogP contribution in [0.5, 0.6) is 0 Å². The van der Waals surface area contributed by atoms with Gasteiger partial charge in [0.25, 0.3) is 0 Å². The molecule has 0 spiro atoms. The number of carbonyl (C=O) groups is 1. The summed E-state index contributed by atoms with van der Waals surface area (Å²) in [7, 11) is 1.77. The number of piperazine rings is 1. The van der Waals surface area contributed by atoms with Crippen molar-refractivity contribution in [1.29, 1.82) is 0 Å². The zero-order chi connectivity index (χ0) is 19.6. The quantitative estimate of drug-likeness (QED) is 0.391. The van der Waals surface area contributed by atoms with Crippen LogP contribution in [-0.4, -0.2) is 63.2 Å². The van der Waals surface area contributed by atoms with Crippen LogP contribution in [0, 0.1) is 0 Å². The maximum atomic E-state index is 12.7. The van der Waals surface area contributed by atoms with E-state index in [2.05, 4.69) is 59.8 Å². The van der Waals surface area contributed by atoms with Crippen molar-refractivity contribution in [2.75, 3.05) is 20.1 Å². The first-order valence-corrected chi connectivity index (χ1v) is 10.1. The SMILES string of the molecule is CN=C(NCc1ccn(C2CCCC2)n1)N1CC(=O)N(C(C)C)C(C)(C)C1.I. The highest BCUT2D eigenvalue weighted by molar-refractivity contribution is 14.0. The van der Waals surface area contributed by atoms with Crippen molar-refractivity contribution < 1.29 is 4.79 Å². The van der Waals surface area contributed by atoms with Gasteiger partial charge < -0.3 is 15.1 Å². The van der Waals surface area contributed by atoms with Gasteiger partial charge in [-0.15, -0.1) is 24.0 Å². The van der Waals surface area contributed by atoms with E-state index in [0.717, 1.165) is 18.2 Å². The van der Waals surface area contributed by atoms with Crippen molar-refractivity contribution in [2.24, 2.45) is 4.99 Å². The van der Waals surface area contributed by atoms with Gasteiger partial charge in [-0.1, -0.05) is 12.8 Å². The lowest BCUT2D eigenvalue weighted by Gasteiger charge is -2.49. The molecule has 1 aromatic heterocycles.